The molecule has 2 heterocycles. The Morgan fingerprint density at radius 2 is 2.35 bits per heavy atom. The zero-order chi connectivity index (χ0) is 11.9. The van der Waals surface area contributed by atoms with Crippen molar-refractivity contribution in [2.75, 3.05) is 13.1 Å². The van der Waals surface area contributed by atoms with Crippen molar-refractivity contribution in [1.82, 2.24) is 10.3 Å². The van der Waals surface area contributed by atoms with E-state index >= 15 is 0 Å². The van der Waals surface area contributed by atoms with Gasteiger partial charge in [-0.05, 0) is 44.0 Å². The van der Waals surface area contributed by atoms with Crippen LogP contribution >= 0.6 is 0 Å². The van der Waals surface area contributed by atoms with E-state index in [2.05, 4.69) is 31.3 Å². The summed E-state index contributed by atoms with van der Waals surface area (Å²) in [7, 11) is 0. The van der Waals surface area contributed by atoms with Crippen molar-refractivity contribution in [3.05, 3.63) is 29.7 Å². The molecule has 1 saturated heterocycles. The van der Waals surface area contributed by atoms with Crippen LogP contribution in [0.5, 0.6) is 0 Å². The van der Waals surface area contributed by atoms with Crippen LogP contribution in [0.4, 0.5) is 0 Å². The number of nitrogens with one attached hydrogen (secondary N) is 1. The van der Waals surface area contributed by atoms with E-state index < -0.39 is 0 Å². The highest BCUT2D eigenvalue weighted by molar-refractivity contribution is 5.73. The molecule has 0 spiro atoms. The van der Waals surface area contributed by atoms with Crippen LogP contribution in [0.2, 0.25) is 0 Å². The van der Waals surface area contributed by atoms with Gasteiger partial charge in [-0.15, -0.1) is 0 Å². The Kier molecular flexibility index (Phi) is 2.44. The number of hydrogen-bond donors (Lipinski definition) is 1. The highest BCUT2D eigenvalue weighted by Crippen LogP contribution is 2.35. The Labute approximate surface area is 101 Å². The smallest absolute Gasteiger partial charge is 0.203 e. The van der Waals surface area contributed by atoms with E-state index in [1.54, 1.807) is 0 Å². The van der Waals surface area contributed by atoms with Crippen molar-refractivity contribution in [3.63, 3.8) is 0 Å². The number of oxazole rings is 1. The van der Waals surface area contributed by atoms with Crippen molar-refractivity contribution in [2.24, 2.45) is 0 Å². The lowest BCUT2D eigenvalue weighted by molar-refractivity contribution is 0.344. The molecule has 1 aromatic heterocycles. The summed E-state index contributed by atoms with van der Waals surface area (Å²) in [6.07, 6.45) is 2.20. The van der Waals surface area contributed by atoms with Gasteiger partial charge >= 0.3 is 0 Å². The lowest BCUT2D eigenvalue weighted by Crippen LogP contribution is -2.28. The van der Waals surface area contributed by atoms with Gasteiger partial charge in [0.2, 0.25) is 5.89 Å². The molecular formula is C14H18N2O. The Balaban J connectivity index is 2.11. The van der Waals surface area contributed by atoms with Crippen LogP contribution < -0.4 is 5.32 Å². The average Bonchev–Trinajstić information content (AvgIpc) is 2.94. The summed E-state index contributed by atoms with van der Waals surface area (Å²) in [5, 5.41) is 3.42. The molecule has 0 radical (unpaired) electrons. The van der Waals surface area contributed by atoms with Crippen LogP contribution in [0, 0.1) is 6.92 Å². The summed E-state index contributed by atoms with van der Waals surface area (Å²) < 4.78 is 5.95. The van der Waals surface area contributed by atoms with Crippen molar-refractivity contribution < 1.29 is 4.42 Å². The predicted molar refractivity (Wildman–Crippen MR) is 68.2 cm³/mol. The van der Waals surface area contributed by atoms with Crippen LogP contribution in [0.15, 0.2) is 22.6 Å². The standard InChI is InChI=1S/C14H18N2O/c1-3-14(6-7-15-9-14)13-16-11-8-10(2)4-5-12(11)17-13/h4-5,8,15H,3,6-7,9H2,1-2H3. The van der Waals surface area contributed by atoms with Gasteiger partial charge in [0.05, 0.1) is 5.41 Å². The molecule has 1 aliphatic heterocycles. The van der Waals surface area contributed by atoms with Gasteiger partial charge < -0.3 is 9.73 Å². The second-order valence-corrected chi connectivity index (χ2v) is 5.05. The molecule has 90 valence electrons. The van der Waals surface area contributed by atoms with Gasteiger partial charge in [-0.25, -0.2) is 4.98 Å². The summed E-state index contributed by atoms with van der Waals surface area (Å²) in [6.45, 7) is 6.34. The maximum absolute atomic E-state index is 5.95. The van der Waals surface area contributed by atoms with Crippen molar-refractivity contribution in [2.45, 2.75) is 32.1 Å². The van der Waals surface area contributed by atoms with Gasteiger partial charge in [0.15, 0.2) is 5.58 Å². The third-order valence-corrected chi connectivity index (χ3v) is 3.92. The van der Waals surface area contributed by atoms with Gasteiger partial charge in [-0.2, -0.15) is 0 Å². The molecule has 1 N–H and O–H groups in total. The highest BCUT2D eigenvalue weighted by atomic mass is 16.3. The normalized spacial score (nSPS) is 24.6. The third kappa shape index (κ3) is 1.65. The Morgan fingerprint density at radius 3 is 3.06 bits per heavy atom. The predicted octanol–water partition coefficient (Wildman–Crippen LogP) is 2.78. The molecule has 0 saturated carbocycles. The van der Waals surface area contributed by atoms with E-state index in [9.17, 15) is 0 Å². The molecule has 3 rings (SSSR count). The molecule has 17 heavy (non-hydrogen) atoms. The molecule has 2 aromatic rings. The quantitative estimate of drug-likeness (QED) is 0.862. The molecule has 0 aliphatic carbocycles. The van der Waals surface area contributed by atoms with E-state index in [1.165, 1.54) is 5.56 Å². The number of benzene rings is 1. The average molecular weight is 230 g/mol. The fraction of sp³-hybridized carbons (Fsp3) is 0.500. The minimum Gasteiger partial charge on any atom is -0.440 e. The fourth-order valence-electron chi connectivity index (χ4n) is 2.64. The maximum Gasteiger partial charge on any atom is 0.203 e. The Hall–Kier alpha value is -1.35. The van der Waals surface area contributed by atoms with E-state index in [1.807, 2.05) is 6.07 Å². The van der Waals surface area contributed by atoms with Gasteiger partial charge in [0, 0.05) is 6.54 Å². The van der Waals surface area contributed by atoms with Crippen LogP contribution in [-0.2, 0) is 5.41 Å². The zero-order valence-corrected chi connectivity index (χ0v) is 10.4. The van der Waals surface area contributed by atoms with Gasteiger partial charge in [0.25, 0.3) is 0 Å². The Bertz CT molecular complexity index is 538. The minimum atomic E-state index is 0.104. The first-order valence-electron chi connectivity index (χ1n) is 6.32. The third-order valence-electron chi connectivity index (χ3n) is 3.92. The number of hydrogen-bond acceptors (Lipinski definition) is 3. The SMILES string of the molecule is CCC1(c2nc3cc(C)ccc3o2)CCNC1. The number of nitrogens with zero attached hydrogens (tertiary/aromatic N) is 1. The number of aryl methyl sites for hydroxylation is 1. The summed E-state index contributed by atoms with van der Waals surface area (Å²) in [6, 6.07) is 6.18. The number of aromatic nitrogens is 1. The lowest BCUT2D eigenvalue weighted by atomic mass is 9.84. The minimum absolute atomic E-state index is 0.104. The summed E-state index contributed by atoms with van der Waals surface area (Å²) in [5.74, 6) is 0.908. The van der Waals surface area contributed by atoms with Crippen molar-refractivity contribution in [1.29, 1.82) is 0 Å². The van der Waals surface area contributed by atoms with E-state index in [-0.39, 0.29) is 5.41 Å². The first-order valence-corrected chi connectivity index (χ1v) is 6.32. The summed E-state index contributed by atoms with van der Waals surface area (Å²) >= 11 is 0. The molecule has 0 amide bonds. The van der Waals surface area contributed by atoms with Gasteiger partial charge in [0.1, 0.15) is 5.52 Å². The van der Waals surface area contributed by atoms with E-state index in [4.69, 9.17) is 9.40 Å². The second-order valence-electron chi connectivity index (χ2n) is 5.05. The van der Waals surface area contributed by atoms with Gasteiger partial charge in [-0.3, -0.25) is 0 Å². The lowest BCUT2D eigenvalue weighted by Gasteiger charge is -2.21. The first-order chi connectivity index (χ1) is 8.23. The first kappa shape index (κ1) is 10.8. The van der Waals surface area contributed by atoms with Crippen LogP contribution in [0.1, 0.15) is 31.2 Å². The van der Waals surface area contributed by atoms with Crippen molar-refractivity contribution in [3.8, 4) is 0 Å². The molecule has 1 atom stereocenters. The van der Waals surface area contributed by atoms with Crippen LogP contribution in [-0.4, -0.2) is 18.1 Å². The fourth-order valence-corrected chi connectivity index (χ4v) is 2.64. The summed E-state index contributed by atoms with van der Waals surface area (Å²) in [4.78, 5) is 4.69. The van der Waals surface area contributed by atoms with Crippen LogP contribution in [0.3, 0.4) is 0 Å². The molecule has 1 unspecified atom stereocenters. The van der Waals surface area contributed by atoms with Crippen molar-refractivity contribution >= 4 is 11.1 Å². The largest absolute Gasteiger partial charge is 0.440 e. The molecule has 3 nitrogen and oxygen atoms in total. The maximum atomic E-state index is 5.95. The monoisotopic (exact) mass is 230 g/mol. The second kappa shape index (κ2) is 3.84. The molecule has 1 aliphatic rings. The highest BCUT2D eigenvalue weighted by Gasteiger charge is 2.38. The zero-order valence-electron chi connectivity index (χ0n) is 10.4. The number of rotatable bonds is 2. The topological polar surface area (TPSA) is 38.1 Å². The molecule has 0 bridgehead atoms. The molecular weight excluding hydrogens is 212 g/mol. The van der Waals surface area contributed by atoms with Gasteiger partial charge in [-0.1, -0.05) is 13.0 Å². The molecule has 3 heteroatoms. The van der Waals surface area contributed by atoms with E-state index in [0.29, 0.717) is 0 Å². The Morgan fingerprint density at radius 1 is 1.47 bits per heavy atom. The molecule has 1 fully saturated rings. The number of fused-ring (bicyclic) bond motifs is 1. The van der Waals surface area contributed by atoms with E-state index in [0.717, 1.165) is 42.9 Å². The molecule has 1 aromatic carbocycles. The van der Waals surface area contributed by atoms with Crippen LogP contribution in [0.25, 0.3) is 11.1 Å². The summed E-state index contributed by atoms with van der Waals surface area (Å²) in [5.41, 5.74) is 3.23.